The van der Waals surface area contributed by atoms with E-state index in [2.05, 4.69) is 6.92 Å². The lowest BCUT2D eigenvalue weighted by molar-refractivity contribution is 0.0875. The number of Topliss-reactive ketones (excluding diaryl/α,β-unsaturated/α-hetero) is 1. The number of hydrogen-bond donors (Lipinski definition) is 0. The predicted molar refractivity (Wildman–Crippen MR) is 52.4 cm³/mol. The first-order valence-corrected chi connectivity index (χ1v) is 5.41. The number of fused-ring (bicyclic) bond motifs is 1. The molecule has 2 nitrogen and oxygen atoms in total. The number of rotatable bonds is 1. The molecule has 3 rings (SSSR count). The van der Waals surface area contributed by atoms with E-state index in [1.165, 1.54) is 0 Å². The summed E-state index contributed by atoms with van der Waals surface area (Å²) in [6.07, 6.45) is 5.04. The van der Waals surface area contributed by atoms with Crippen molar-refractivity contribution in [3.8, 4) is 0 Å². The minimum absolute atomic E-state index is 0.0435. The Bertz CT molecular complexity index is 396. The van der Waals surface area contributed by atoms with Crippen molar-refractivity contribution in [1.29, 1.82) is 0 Å². The number of carbonyl (C=O) groups is 1. The van der Waals surface area contributed by atoms with E-state index in [9.17, 15) is 4.79 Å². The van der Waals surface area contributed by atoms with Crippen LogP contribution in [0.15, 0.2) is 10.5 Å². The minimum atomic E-state index is 0.0435. The Labute approximate surface area is 83.3 Å². The third kappa shape index (κ3) is 0.941. The number of carbonyl (C=O) groups excluding carboxylic acids is 1. The van der Waals surface area contributed by atoms with Crippen molar-refractivity contribution < 1.29 is 9.21 Å². The lowest BCUT2D eigenvalue weighted by Crippen LogP contribution is -2.22. The highest BCUT2D eigenvalue weighted by atomic mass is 16.3. The zero-order valence-corrected chi connectivity index (χ0v) is 8.43. The monoisotopic (exact) mass is 190 g/mol. The summed E-state index contributed by atoms with van der Waals surface area (Å²) in [7, 11) is 0. The summed E-state index contributed by atoms with van der Waals surface area (Å²) >= 11 is 0. The molecule has 2 aliphatic carbocycles. The molecule has 1 saturated carbocycles. The second-order valence-electron chi connectivity index (χ2n) is 4.51. The standard InChI is InChI=1S/C12H14O2/c1-2-8-7-9-10(14-8)3-4-12(5-6-12)11(9)13/h7H,2-6H2,1H3. The van der Waals surface area contributed by atoms with Crippen molar-refractivity contribution in [2.75, 3.05) is 0 Å². The molecule has 0 unspecified atom stereocenters. The molecule has 0 bridgehead atoms. The van der Waals surface area contributed by atoms with Gasteiger partial charge in [0.2, 0.25) is 0 Å². The number of hydrogen-bond acceptors (Lipinski definition) is 2. The summed E-state index contributed by atoms with van der Waals surface area (Å²) in [6, 6.07) is 1.96. The highest BCUT2D eigenvalue weighted by molar-refractivity contribution is 6.04. The molecule has 0 amide bonds. The largest absolute Gasteiger partial charge is 0.465 e. The molecule has 0 aromatic carbocycles. The van der Waals surface area contributed by atoms with Gasteiger partial charge in [-0.2, -0.15) is 0 Å². The van der Waals surface area contributed by atoms with Crippen molar-refractivity contribution >= 4 is 5.78 Å². The normalized spacial score (nSPS) is 22.5. The molecule has 0 aliphatic heterocycles. The van der Waals surface area contributed by atoms with Crippen LogP contribution in [0.25, 0.3) is 0 Å². The van der Waals surface area contributed by atoms with E-state index in [4.69, 9.17) is 4.42 Å². The predicted octanol–water partition coefficient (Wildman–Crippen LogP) is 2.75. The van der Waals surface area contributed by atoms with Gasteiger partial charge in [-0.15, -0.1) is 0 Å². The fourth-order valence-corrected chi connectivity index (χ4v) is 2.42. The van der Waals surface area contributed by atoms with Crippen molar-refractivity contribution in [3.63, 3.8) is 0 Å². The van der Waals surface area contributed by atoms with E-state index in [1.54, 1.807) is 0 Å². The molecule has 0 saturated heterocycles. The van der Waals surface area contributed by atoms with Crippen LogP contribution in [0.3, 0.4) is 0 Å². The Hall–Kier alpha value is -1.05. The van der Waals surface area contributed by atoms with E-state index in [1.807, 2.05) is 6.07 Å². The summed E-state index contributed by atoms with van der Waals surface area (Å²) < 4.78 is 5.63. The van der Waals surface area contributed by atoms with Gasteiger partial charge in [0.25, 0.3) is 0 Å². The van der Waals surface area contributed by atoms with E-state index >= 15 is 0 Å². The first-order valence-electron chi connectivity index (χ1n) is 5.41. The van der Waals surface area contributed by atoms with Gasteiger partial charge in [-0.3, -0.25) is 4.79 Å². The molecule has 1 fully saturated rings. The van der Waals surface area contributed by atoms with Crippen LogP contribution in [0.5, 0.6) is 0 Å². The molecule has 74 valence electrons. The molecular weight excluding hydrogens is 176 g/mol. The maximum atomic E-state index is 12.1. The van der Waals surface area contributed by atoms with Crippen molar-refractivity contribution in [2.45, 2.75) is 39.0 Å². The lowest BCUT2D eigenvalue weighted by atomic mass is 9.84. The summed E-state index contributed by atoms with van der Waals surface area (Å²) in [5.41, 5.74) is 0.924. The highest BCUT2D eigenvalue weighted by Gasteiger charge is 2.52. The van der Waals surface area contributed by atoms with Gasteiger partial charge in [0.05, 0.1) is 5.56 Å². The Morgan fingerprint density at radius 1 is 1.43 bits per heavy atom. The molecular formula is C12H14O2. The lowest BCUT2D eigenvalue weighted by Gasteiger charge is -2.18. The zero-order valence-electron chi connectivity index (χ0n) is 8.43. The van der Waals surface area contributed by atoms with Crippen LogP contribution in [0.2, 0.25) is 0 Å². The molecule has 1 spiro atoms. The minimum Gasteiger partial charge on any atom is -0.465 e. The second-order valence-corrected chi connectivity index (χ2v) is 4.51. The highest BCUT2D eigenvalue weighted by Crippen LogP contribution is 2.54. The van der Waals surface area contributed by atoms with E-state index in [-0.39, 0.29) is 5.41 Å². The second kappa shape index (κ2) is 2.50. The van der Waals surface area contributed by atoms with Gasteiger partial charge in [-0.05, 0) is 25.3 Å². The average molecular weight is 190 g/mol. The Morgan fingerprint density at radius 3 is 2.86 bits per heavy atom. The molecule has 0 radical (unpaired) electrons. The van der Waals surface area contributed by atoms with Crippen LogP contribution in [-0.4, -0.2) is 5.78 Å². The van der Waals surface area contributed by atoms with Gasteiger partial charge >= 0.3 is 0 Å². The van der Waals surface area contributed by atoms with Crippen molar-refractivity contribution in [1.82, 2.24) is 0 Å². The molecule has 1 aromatic heterocycles. The quantitative estimate of drug-likeness (QED) is 0.681. The van der Waals surface area contributed by atoms with Gasteiger partial charge in [-0.1, -0.05) is 6.92 Å². The number of ketones is 1. The fraction of sp³-hybridized carbons (Fsp3) is 0.583. The summed E-state index contributed by atoms with van der Waals surface area (Å²) in [5.74, 6) is 2.24. The van der Waals surface area contributed by atoms with E-state index < -0.39 is 0 Å². The molecule has 2 aliphatic rings. The van der Waals surface area contributed by atoms with Crippen LogP contribution < -0.4 is 0 Å². The van der Waals surface area contributed by atoms with Gasteiger partial charge in [0, 0.05) is 18.3 Å². The zero-order chi connectivity index (χ0) is 9.76. The fourth-order valence-electron chi connectivity index (χ4n) is 2.42. The van der Waals surface area contributed by atoms with Crippen LogP contribution in [-0.2, 0) is 12.8 Å². The first kappa shape index (κ1) is 8.27. The van der Waals surface area contributed by atoms with Crippen LogP contribution in [0.4, 0.5) is 0 Å². The maximum Gasteiger partial charge on any atom is 0.172 e. The molecule has 1 aromatic rings. The molecule has 1 heterocycles. The molecule has 0 N–H and O–H groups in total. The Kier molecular flexibility index (Phi) is 1.48. The average Bonchev–Trinajstić information content (AvgIpc) is 2.85. The van der Waals surface area contributed by atoms with Crippen LogP contribution in [0, 0.1) is 5.41 Å². The van der Waals surface area contributed by atoms with Crippen LogP contribution >= 0.6 is 0 Å². The molecule has 14 heavy (non-hydrogen) atoms. The van der Waals surface area contributed by atoms with Crippen molar-refractivity contribution in [3.05, 3.63) is 23.2 Å². The number of aryl methyl sites for hydroxylation is 2. The maximum absolute atomic E-state index is 12.1. The summed E-state index contributed by atoms with van der Waals surface area (Å²) in [5, 5.41) is 0. The SMILES string of the molecule is CCc1cc2c(o1)CCC1(CC1)C2=O. The molecule has 2 heteroatoms. The third-order valence-corrected chi connectivity index (χ3v) is 3.62. The summed E-state index contributed by atoms with van der Waals surface area (Å²) in [4.78, 5) is 12.1. The summed E-state index contributed by atoms with van der Waals surface area (Å²) in [6.45, 7) is 2.06. The van der Waals surface area contributed by atoms with Gasteiger partial charge < -0.3 is 4.42 Å². The van der Waals surface area contributed by atoms with Gasteiger partial charge in [-0.25, -0.2) is 0 Å². The van der Waals surface area contributed by atoms with Gasteiger partial charge in [0.1, 0.15) is 11.5 Å². The smallest absolute Gasteiger partial charge is 0.172 e. The van der Waals surface area contributed by atoms with Gasteiger partial charge in [0.15, 0.2) is 5.78 Å². The van der Waals surface area contributed by atoms with Crippen LogP contribution in [0.1, 0.15) is 48.1 Å². The first-order chi connectivity index (χ1) is 6.75. The van der Waals surface area contributed by atoms with Crippen molar-refractivity contribution in [2.24, 2.45) is 5.41 Å². The number of furan rings is 1. The van der Waals surface area contributed by atoms with E-state index in [0.717, 1.165) is 49.2 Å². The Morgan fingerprint density at radius 2 is 2.21 bits per heavy atom. The van der Waals surface area contributed by atoms with E-state index in [0.29, 0.717) is 5.78 Å². The Balaban J connectivity index is 2.06. The third-order valence-electron chi connectivity index (χ3n) is 3.62. The topological polar surface area (TPSA) is 30.2 Å². The molecule has 0 atom stereocenters.